The first kappa shape index (κ1) is 21.8. The van der Waals surface area contributed by atoms with Crippen LogP contribution >= 0.6 is 15.9 Å². The molecule has 0 aliphatic carbocycles. The van der Waals surface area contributed by atoms with E-state index in [1.807, 2.05) is 13.0 Å². The topological polar surface area (TPSA) is 92.9 Å². The van der Waals surface area contributed by atoms with Gasteiger partial charge in [-0.15, -0.1) is 0 Å². The number of aromatic nitrogens is 1. The molecule has 0 unspecified atom stereocenters. The van der Waals surface area contributed by atoms with Gasteiger partial charge in [0.05, 0.1) is 18.2 Å². The van der Waals surface area contributed by atoms with E-state index in [-0.39, 0.29) is 17.2 Å². The molecular weight excluding hydrogens is 476 g/mol. The lowest BCUT2D eigenvalue weighted by Crippen LogP contribution is -2.29. The van der Waals surface area contributed by atoms with Crippen LogP contribution in [-0.4, -0.2) is 28.6 Å². The molecule has 32 heavy (non-hydrogen) atoms. The number of anilines is 1. The summed E-state index contributed by atoms with van der Waals surface area (Å²) >= 11 is 3.44. The van der Waals surface area contributed by atoms with Gasteiger partial charge in [0.15, 0.2) is 5.82 Å². The van der Waals surface area contributed by atoms with Crippen molar-refractivity contribution >= 4 is 39.2 Å². The molecule has 164 valence electrons. The molecule has 1 aromatic heterocycles. The van der Waals surface area contributed by atoms with Crippen molar-refractivity contribution in [3.8, 4) is 5.75 Å². The Labute approximate surface area is 193 Å². The highest BCUT2D eigenvalue weighted by molar-refractivity contribution is 9.10. The monoisotopic (exact) mass is 496 g/mol. The number of carbonyl (C=O) groups is 2. The number of aliphatic hydroxyl groups is 1. The predicted molar refractivity (Wildman–Crippen MR) is 122 cm³/mol. The minimum Gasteiger partial charge on any atom is -0.507 e. The lowest BCUT2D eigenvalue weighted by molar-refractivity contribution is -0.132. The maximum atomic E-state index is 13.1. The van der Waals surface area contributed by atoms with Crippen molar-refractivity contribution in [3.05, 3.63) is 81.5 Å². The fourth-order valence-electron chi connectivity index (χ4n) is 3.61. The molecule has 8 heteroatoms. The van der Waals surface area contributed by atoms with Gasteiger partial charge in [-0.2, -0.15) is 0 Å². The number of carbonyl (C=O) groups excluding carboxylic acids is 2. The molecule has 2 heterocycles. The van der Waals surface area contributed by atoms with E-state index in [2.05, 4.69) is 21.1 Å². The molecule has 1 saturated heterocycles. The molecule has 1 fully saturated rings. The van der Waals surface area contributed by atoms with Crippen molar-refractivity contribution in [2.75, 3.05) is 11.5 Å². The van der Waals surface area contributed by atoms with Gasteiger partial charge in [-0.25, -0.2) is 0 Å². The lowest BCUT2D eigenvalue weighted by atomic mass is 9.95. The lowest BCUT2D eigenvalue weighted by Gasteiger charge is -2.23. The second-order valence-corrected chi connectivity index (χ2v) is 8.31. The third-order valence-electron chi connectivity index (χ3n) is 5.07. The Morgan fingerprint density at radius 3 is 2.56 bits per heavy atom. The molecule has 1 atom stereocenters. The predicted octanol–water partition coefficient (Wildman–Crippen LogP) is 5.16. The quantitative estimate of drug-likeness (QED) is 0.287. The Morgan fingerprint density at radius 2 is 1.94 bits per heavy atom. The van der Waals surface area contributed by atoms with Crippen LogP contribution in [0.4, 0.5) is 5.82 Å². The summed E-state index contributed by atoms with van der Waals surface area (Å²) in [4.78, 5) is 27.4. The molecule has 1 aliphatic rings. The number of amides is 1. The van der Waals surface area contributed by atoms with Gasteiger partial charge in [-0.1, -0.05) is 40.1 Å². The Bertz CT molecular complexity index is 1200. The van der Waals surface area contributed by atoms with Crippen molar-refractivity contribution < 1.29 is 24.0 Å². The van der Waals surface area contributed by atoms with Crippen molar-refractivity contribution in [3.63, 3.8) is 0 Å². The highest BCUT2D eigenvalue weighted by Gasteiger charge is 2.48. The summed E-state index contributed by atoms with van der Waals surface area (Å²) in [6.07, 6.45) is 0.874. The van der Waals surface area contributed by atoms with E-state index >= 15 is 0 Å². The zero-order valence-electron chi connectivity index (χ0n) is 17.5. The number of aryl methyl sites for hydroxylation is 1. The summed E-state index contributed by atoms with van der Waals surface area (Å²) in [6.45, 7) is 4.29. The number of hydrogen-bond donors (Lipinski definition) is 1. The van der Waals surface area contributed by atoms with Crippen molar-refractivity contribution in [1.82, 2.24) is 5.16 Å². The number of nitrogens with zero attached hydrogens (tertiary/aromatic N) is 2. The summed E-state index contributed by atoms with van der Waals surface area (Å²) < 4.78 is 11.5. The minimum absolute atomic E-state index is 0.0176. The molecule has 0 bridgehead atoms. The van der Waals surface area contributed by atoms with Gasteiger partial charge in [0.1, 0.15) is 17.3 Å². The van der Waals surface area contributed by atoms with Gasteiger partial charge in [0, 0.05) is 16.1 Å². The van der Waals surface area contributed by atoms with Crippen LogP contribution < -0.4 is 9.64 Å². The molecule has 0 spiro atoms. The van der Waals surface area contributed by atoms with E-state index in [1.165, 1.54) is 4.90 Å². The second kappa shape index (κ2) is 9.00. The number of hydrogen-bond acceptors (Lipinski definition) is 6. The zero-order chi connectivity index (χ0) is 22.8. The minimum atomic E-state index is -0.868. The van der Waals surface area contributed by atoms with E-state index in [4.69, 9.17) is 9.26 Å². The molecule has 0 radical (unpaired) electrons. The molecule has 1 amide bonds. The SMILES string of the molecule is CCCOc1ccc(/C(O)=C2\C(=O)C(=O)N(c3cc(C)on3)[C@H]2c2cccc(Br)c2)cc1. The van der Waals surface area contributed by atoms with Crippen molar-refractivity contribution in [1.29, 1.82) is 0 Å². The maximum Gasteiger partial charge on any atom is 0.301 e. The summed E-state index contributed by atoms with van der Waals surface area (Å²) in [6, 6.07) is 14.7. The van der Waals surface area contributed by atoms with Crippen LogP contribution in [0.1, 0.15) is 36.3 Å². The van der Waals surface area contributed by atoms with Crippen LogP contribution in [0.25, 0.3) is 5.76 Å². The number of aliphatic hydroxyl groups excluding tert-OH is 1. The molecule has 7 nitrogen and oxygen atoms in total. The van der Waals surface area contributed by atoms with Crippen LogP contribution in [0, 0.1) is 6.92 Å². The van der Waals surface area contributed by atoms with Gasteiger partial charge in [0.25, 0.3) is 5.78 Å². The summed E-state index contributed by atoms with van der Waals surface area (Å²) in [5.74, 6) is -0.481. The number of benzene rings is 2. The van der Waals surface area contributed by atoms with E-state index in [0.717, 1.165) is 10.9 Å². The first-order valence-corrected chi connectivity index (χ1v) is 10.9. The Balaban J connectivity index is 1.84. The molecule has 1 aliphatic heterocycles. The van der Waals surface area contributed by atoms with Gasteiger partial charge >= 0.3 is 5.91 Å². The summed E-state index contributed by atoms with van der Waals surface area (Å²) in [5.41, 5.74) is 1.03. The highest BCUT2D eigenvalue weighted by Crippen LogP contribution is 2.42. The van der Waals surface area contributed by atoms with E-state index in [0.29, 0.717) is 29.2 Å². The fraction of sp³-hybridized carbons (Fsp3) is 0.208. The number of halogens is 1. The zero-order valence-corrected chi connectivity index (χ0v) is 19.1. The van der Waals surface area contributed by atoms with Crippen LogP contribution in [-0.2, 0) is 9.59 Å². The highest BCUT2D eigenvalue weighted by atomic mass is 79.9. The smallest absolute Gasteiger partial charge is 0.301 e. The molecule has 4 rings (SSSR count). The van der Waals surface area contributed by atoms with E-state index in [9.17, 15) is 14.7 Å². The first-order valence-electron chi connectivity index (χ1n) is 10.1. The van der Waals surface area contributed by atoms with Gasteiger partial charge < -0.3 is 14.4 Å². The fourth-order valence-corrected chi connectivity index (χ4v) is 4.03. The Kier molecular flexibility index (Phi) is 6.14. The van der Waals surface area contributed by atoms with Crippen LogP contribution in [0.15, 0.2) is 69.2 Å². The third kappa shape index (κ3) is 4.05. The molecule has 0 saturated carbocycles. The standard InChI is InChI=1S/C24H21BrN2O5/c1-3-11-31-18-9-7-15(8-10-18)22(28)20-21(16-5-4-6-17(25)13-16)27(24(30)23(20)29)19-12-14(2)32-26-19/h4-10,12-13,21,28H,3,11H2,1-2H3/b22-20+/t21-/m0/s1. The number of rotatable bonds is 6. The molecule has 2 aromatic carbocycles. The van der Waals surface area contributed by atoms with Gasteiger partial charge in [-0.3, -0.25) is 14.5 Å². The number of Topliss-reactive ketones (excluding diaryl/α,β-unsaturated/α-hetero) is 1. The Morgan fingerprint density at radius 1 is 1.19 bits per heavy atom. The van der Waals surface area contributed by atoms with E-state index in [1.54, 1.807) is 55.5 Å². The summed E-state index contributed by atoms with van der Waals surface area (Å²) in [7, 11) is 0. The molecule has 1 N–H and O–H groups in total. The third-order valence-corrected chi connectivity index (χ3v) is 5.57. The number of ether oxygens (including phenoxy) is 1. The largest absolute Gasteiger partial charge is 0.507 e. The van der Waals surface area contributed by atoms with Crippen LogP contribution in [0.2, 0.25) is 0 Å². The van der Waals surface area contributed by atoms with Crippen LogP contribution in [0.3, 0.4) is 0 Å². The summed E-state index contributed by atoms with van der Waals surface area (Å²) in [5, 5.41) is 15.1. The van der Waals surface area contributed by atoms with Gasteiger partial charge in [-0.05, 0) is 55.3 Å². The first-order chi connectivity index (χ1) is 15.4. The number of ketones is 1. The van der Waals surface area contributed by atoms with Gasteiger partial charge in [0.2, 0.25) is 0 Å². The average molecular weight is 497 g/mol. The van der Waals surface area contributed by atoms with Crippen molar-refractivity contribution in [2.45, 2.75) is 26.3 Å². The Hall–Kier alpha value is -3.39. The van der Waals surface area contributed by atoms with Crippen LogP contribution in [0.5, 0.6) is 5.75 Å². The molecule has 3 aromatic rings. The molecular formula is C24H21BrN2O5. The normalized spacial score (nSPS) is 17.7. The van der Waals surface area contributed by atoms with E-state index < -0.39 is 17.7 Å². The maximum absolute atomic E-state index is 13.1. The van der Waals surface area contributed by atoms with Crippen molar-refractivity contribution in [2.24, 2.45) is 0 Å². The second-order valence-electron chi connectivity index (χ2n) is 7.39. The average Bonchev–Trinajstić information content (AvgIpc) is 3.33.